The number of rotatable bonds is 5. The first-order valence-corrected chi connectivity index (χ1v) is 10.9. The summed E-state index contributed by atoms with van der Waals surface area (Å²) in [5, 5.41) is 12.4. The molecule has 0 saturated carbocycles. The quantitative estimate of drug-likeness (QED) is 0.440. The third-order valence-electron chi connectivity index (χ3n) is 5.60. The number of anilines is 2. The monoisotopic (exact) mass is 453 g/mol. The molecule has 3 aromatic heterocycles. The van der Waals surface area contributed by atoms with Crippen molar-refractivity contribution in [2.75, 3.05) is 19.0 Å². The predicted octanol–water partition coefficient (Wildman–Crippen LogP) is 4.64. The Morgan fingerprint density at radius 2 is 2.09 bits per heavy atom. The lowest BCUT2D eigenvalue weighted by Crippen LogP contribution is -2.19. The van der Waals surface area contributed by atoms with Crippen LogP contribution >= 0.6 is 11.6 Å². The highest BCUT2D eigenvalue weighted by Gasteiger charge is 2.24. The van der Waals surface area contributed by atoms with Crippen LogP contribution in [-0.2, 0) is 11.8 Å². The molecule has 9 nitrogen and oxygen atoms in total. The van der Waals surface area contributed by atoms with Gasteiger partial charge < -0.3 is 14.8 Å². The van der Waals surface area contributed by atoms with Crippen LogP contribution < -0.4 is 10.1 Å². The zero-order valence-corrected chi connectivity index (χ0v) is 18.9. The van der Waals surface area contributed by atoms with Gasteiger partial charge in [0.25, 0.3) is 0 Å². The molecule has 0 bridgehead atoms. The molecule has 0 radical (unpaired) electrons. The average Bonchev–Trinajstić information content (AvgIpc) is 3.36. The number of halogens is 1. The van der Waals surface area contributed by atoms with Crippen molar-refractivity contribution in [2.24, 2.45) is 7.05 Å². The van der Waals surface area contributed by atoms with Crippen molar-refractivity contribution < 1.29 is 9.47 Å². The Hall–Kier alpha value is -3.17. The van der Waals surface area contributed by atoms with Gasteiger partial charge in [0, 0.05) is 25.3 Å². The second-order valence-electron chi connectivity index (χ2n) is 7.75. The van der Waals surface area contributed by atoms with E-state index in [9.17, 15) is 0 Å². The molecule has 1 unspecified atom stereocenters. The summed E-state index contributed by atoms with van der Waals surface area (Å²) >= 11 is 6.43. The summed E-state index contributed by atoms with van der Waals surface area (Å²) in [6.45, 7) is 2.70. The van der Waals surface area contributed by atoms with E-state index in [1.165, 1.54) is 4.80 Å². The van der Waals surface area contributed by atoms with Crippen LogP contribution in [0.2, 0.25) is 5.15 Å². The highest BCUT2D eigenvalue weighted by atomic mass is 35.5. The van der Waals surface area contributed by atoms with E-state index in [4.69, 9.17) is 26.1 Å². The number of nitrogens with one attached hydrogen (secondary N) is 1. The van der Waals surface area contributed by atoms with Gasteiger partial charge in [0.05, 0.1) is 24.7 Å². The Morgan fingerprint density at radius 1 is 1.22 bits per heavy atom. The average molecular weight is 454 g/mol. The first kappa shape index (κ1) is 20.7. The number of nitrogens with zero attached hydrogens (tertiary/aromatic N) is 6. The zero-order chi connectivity index (χ0) is 22.2. The fraction of sp³-hybridized carbons (Fsp3) is 0.364. The standard InChI is InChI=1S/C22H24ClN7O2/c1-13-25-20-16(11-18(23)27-22(20)30(13)19-9-4-5-10-32-19)26-15-8-6-7-14(21(15)31-3)17-12-24-29(2)28-17/h6-8,11-12,19H,4-5,9-10H2,1-3H3,(H,26,27). The van der Waals surface area contributed by atoms with Gasteiger partial charge in [-0.3, -0.25) is 4.57 Å². The summed E-state index contributed by atoms with van der Waals surface area (Å²) in [5.41, 5.74) is 4.49. The molecule has 4 heterocycles. The lowest BCUT2D eigenvalue weighted by atomic mass is 10.1. The Kier molecular flexibility index (Phi) is 5.44. The number of para-hydroxylation sites is 1. The van der Waals surface area contributed by atoms with Gasteiger partial charge in [0.2, 0.25) is 0 Å². The van der Waals surface area contributed by atoms with E-state index in [1.54, 1.807) is 26.4 Å². The first-order valence-electron chi connectivity index (χ1n) is 10.5. The summed E-state index contributed by atoms with van der Waals surface area (Å²) in [6, 6.07) is 7.60. The first-order chi connectivity index (χ1) is 15.5. The van der Waals surface area contributed by atoms with Crippen LogP contribution in [0.5, 0.6) is 5.75 Å². The van der Waals surface area contributed by atoms with Gasteiger partial charge in [-0.2, -0.15) is 15.0 Å². The van der Waals surface area contributed by atoms with Crippen LogP contribution in [0.15, 0.2) is 30.5 Å². The van der Waals surface area contributed by atoms with Gasteiger partial charge in [-0.1, -0.05) is 17.7 Å². The van der Waals surface area contributed by atoms with Crippen LogP contribution in [0.1, 0.15) is 31.3 Å². The summed E-state index contributed by atoms with van der Waals surface area (Å²) in [7, 11) is 3.41. The maximum Gasteiger partial charge on any atom is 0.166 e. The normalized spacial score (nSPS) is 16.4. The smallest absolute Gasteiger partial charge is 0.166 e. The topological polar surface area (TPSA) is 91.9 Å². The summed E-state index contributed by atoms with van der Waals surface area (Å²) < 4.78 is 13.8. The molecule has 1 atom stereocenters. The Morgan fingerprint density at radius 3 is 2.81 bits per heavy atom. The molecule has 166 valence electrons. The van der Waals surface area contributed by atoms with Crippen molar-refractivity contribution in [3.8, 4) is 17.0 Å². The van der Waals surface area contributed by atoms with Crippen LogP contribution in [0.4, 0.5) is 11.4 Å². The molecule has 4 aromatic rings. The second-order valence-corrected chi connectivity index (χ2v) is 8.13. The molecule has 0 spiro atoms. The maximum atomic E-state index is 6.43. The Labute approximate surface area is 190 Å². The second kappa shape index (κ2) is 8.40. The van der Waals surface area contributed by atoms with Gasteiger partial charge in [0.15, 0.2) is 11.4 Å². The largest absolute Gasteiger partial charge is 0.494 e. The number of fused-ring (bicyclic) bond motifs is 1. The number of methoxy groups -OCH3 is 1. The fourth-order valence-corrected chi connectivity index (χ4v) is 4.37. The molecular formula is C22H24ClN7O2. The third kappa shape index (κ3) is 3.67. The van der Waals surface area contributed by atoms with Gasteiger partial charge in [-0.05, 0) is 38.3 Å². The Balaban J connectivity index is 1.59. The molecule has 1 saturated heterocycles. The molecule has 1 aliphatic heterocycles. The molecule has 5 rings (SSSR count). The number of imidazole rings is 1. The molecule has 10 heteroatoms. The predicted molar refractivity (Wildman–Crippen MR) is 122 cm³/mol. The highest BCUT2D eigenvalue weighted by Crippen LogP contribution is 2.39. The van der Waals surface area contributed by atoms with Crippen LogP contribution in [0, 0.1) is 6.92 Å². The van der Waals surface area contributed by atoms with Crippen LogP contribution in [-0.4, -0.2) is 43.2 Å². The van der Waals surface area contributed by atoms with Crippen molar-refractivity contribution >= 4 is 34.1 Å². The van der Waals surface area contributed by atoms with E-state index in [0.717, 1.165) is 59.8 Å². The van der Waals surface area contributed by atoms with E-state index in [0.29, 0.717) is 16.5 Å². The number of benzene rings is 1. The molecule has 1 aromatic carbocycles. The molecule has 32 heavy (non-hydrogen) atoms. The van der Waals surface area contributed by atoms with E-state index in [-0.39, 0.29) is 6.23 Å². The zero-order valence-electron chi connectivity index (χ0n) is 18.2. The van der Waals surface area contributed by atoms with E-state index >= 15 is 0 Å². The molecule has 1 aliphatic rings. The maximum absolute atomic E-state index is 6.43. The van der Waals surface area contributed by atoms with Gasteiger partial charge in [-0.25, -0.2) is 9.97 Å². The number of hydrogen-bond donors (Lipinski definition) is 1. The van der Waals surface area contributed by atoms with Gasteiger partial charge in [-0.15, -0.1) is 0 Å². The fourth-order valence-electron chi connectivity index (χ4n) is 4.18. The number of ether oxygens (including phenoxy) is 2. The van der Waals surface area contributed by atoms with Crippen LogP contribution in [0.3, 0.4) is 0 Å². The molecule has 1 N–H and O–H groups in total. The lowest BCUT2D eigenvalue weighted by Gasteiger charge is -2.25. The summed E-state index contributed by atoms with van der Waals surface area (Å²) in [5.74, 6) is 1.49. The molecular weight excluding hydrogens is 430 g/mol. The van der Waals surface area contributed by atoms with E-state index < -0.39 is 0 Å². The van der Waals surface area contributed by atoms with E-state index in [1.807, 2.05) is 29.7 Å². The van der Waals surface area contributed by atoms with Gasteiger partial charge in [0.1, 0.15) is 28.4 Å². The summed E-state index contributed by atoms with van der Waals surface area (Å²) in [6.07, 6.45) is 4.74. The number of pyridine rings is 1. The van der Waals surface area contributed by atoms with E-state index in [2.05, 4.69) is 20.5 Å². The number of aromatic nitrogens is 6. The van der Waals surface area contributed by atoms with Crippen molar-refractivity contribution in [1.82, 2.24) is 29.5 Å². The minimum absolute atomic E-state index is 0.0814. The van der Waals surface area contributed by atoms with Crippen LogP contribution in [0.25, 0.3) is 22.4 Å². The minimum Gasteiger partial charge on any atom is -0.494 e. The minimum atomic E-state index is -0.0814. The third-order valence-corrected chi connectivity index (χ3v) is 5.79. The number of hydrogen-bond acceptors (Lipinski definition) is 7. The van der Waals surface area contributed by atoms with Crippen molar-refractivity contribution in [1.29, 1.82) is 0 Å². The van der Waals surface area contributed by atoms with Crippen molar-refractivity contribution in [3.05, 3.63) is 41.4 Å². The Bertz CT molecular complexity index is 1280. The highest BCUT2D eigenvalue weighted by molar-refractivity contribution is 6.30. The molecule has 1 fully saturated rings. The lowest BCUT2D eigenvalue weighted by molar-refractivity contribution is -0.0309. The molecule has 0 amide bonds. The van der Waals surface area contributed by atoms with Crippen molar-refractivity contribution in [3.63, 3.8) is 0 Å². The van der Waals surface area contributed by atoms with Gasteiger partial charge >= 0.3 is 0 Å². The number of aryl methyl sites for hydroxylation is 2. The summed E-state index contributed by atoms with van der Waals surface area (Å²) in [4.78, 5) is 10.9. The molecule has 0 aliphatic carbocycles. The van der Waals surface area contributed by atoms with Crippen molar-refractivity contribution in [2.45, 2.75) is 32.4 Å². The SMILES string of the molecule is COc1c(Nc2cc(Cl)nc3c2nc(C)n3C2CCCCO2)cccc1-c1cnn(C)n1.